The van der Waals surface area contributed by atoms with Gasteiger partial charge in [-0.15, -0.1) is 0 Å². The first-order valence-electron chi connectivity index (χ1n) is 6.08. The zero-order chi connectivity index (χ0) is 14.3. The largest absolute Gasteiger partial charge is 0.416 e. The highest BCUT2D eigenvalue weighted by atomic mass is 19.4. The van der Waals surface area contributed by atoms with Crippen LogP contribution in [0.3, 0.4) is 0 Å². The second-order valence-corrected chi connectivity index (χ2v) is 5.37. The van der Waals surface area contributed by atoms with Crippen LogP contribution in [0.2, 0.25) is 0 Å². The van der Waals surface area contributed by atoms with E-state index in [9.17, 15) is 18.3 Å². The van der Waals surface area contributed by atoms with Crippen molar-refractivity contribution in [1.29, 1.82) is 0 Å². The van der Waals surface area contributed by atoms with Crippen molar-refractivity contribution in [3.8, 4) is 0 Å². The lowest BCUT2D eigenvalue weighted by atomic mass is 10.1. The molecule has 0 radical (unpaired) electrons. The topological polar surface area (TPSA) is 49.5 Å². The van der Waals surface area contributed by atoms with E-state index in [2.05, 4.69) is 0 Å². The van der Waals surface area contributed by atoms with Crippen LogP contribution in [0.25, 0.3) is 0 Å². The Morgan fingerprint density at radius 2 is 2.11 bits per heavy atom. The van der Waals surface area contributed by atoms with Crippen molar-refractivity contribution in [1.82, 2.24) is 4.90 Å². The molecule has 1 aliphatic heterocycles. The molecule has 0 amide bonds. The van der Waals surface area contributed by atoms with E-state index in [1.807, 2.05) is 4.90 Å². The van der Waals surface area contributed by atoms with Gasteiger partial charge in [0.25, 0.3) is 0 Å². The summed E-state index contributed by atoms with van der Waals surface area (Å²) in [7, 11) is 0. The van der Waals surface area contributed by atoms with E-state index >= 15 is 0 Å². The number of nitrogen functional groups attached to an aromatic ring is 1. The molecule has 0 saturated carbocycles. The highest BCUT2D eigenvalue weighted by molar-refractivity contribution is 5.46. The summed E-state index contributed by atoms with van der Waals surface area (Å²) < 4.78 is 38.8. The number of likely N-dealkylation sites (tertiary alicyclic amines) is 1. The van der Waals surface area contributed by atoms with Crippen LogP contribution in [-0.2, 0) is 12.7 Å². The number of nitrogens with zero attached hydrogens (tertiary/aromatic N) is 1. The first kappa shape index (κ1) is 14.1. The maximum atomic E-state index is 12.9. The molecule has 3 nitrogen and oxygen atoms in total. The molecule has 6 heteroatoms. The van der Waals surface area contributed by atoms with Gasteiger partial charge in [-0.05, 0) is 31.0 Å². The quantitative estimate of drug-likeness (QED) is 0.813. The summed E-state index contributed by atoms with van der Waals surface area (Å²) in [5.74, 6) is 0. The molecule has 1 fully saturated rings. The molecule has 1 atom stereocenters. The Morgan fingerprint density at radius 3 is 2.63 bits per heavy atom. The van der Waals surface area contributed by atoms with E-state index in [0.29, 0.717) is 19.5 Å². The molecule has 1 heterocycles. The number of β-amino-alcohol motifs (C(OH)–C–C–N with tert-alkyl or cyclic N) is 1. The summed E-state index contributed by atoms with van der Waals surface area (Å²) >= 11 is 0. The summed E-state index contributed by atoms with van der Waals surface area (Å²) in [4.78, 5) is 1.82. The number of rotatable bonds is 2. The Balaban J connectivity index is 2.21. The Labute approximate surface area is 109 Å². The van der Waals surface area contributed by atoms with Crippen LogP contribution in [0.15, 0.2) is 18.2 Å². The first-order chi connectivity index (χ1) is 8.67. The maximum absolute atomic E-state index is 12.9. The fraction of sp³-hybridized carbons (Fsp3) is 0.538. The highest BCUT2D eigenvalue weighted by Crippen LogP contribution is 2.34. The van der Waals surface area contributed by atoms with Gasteiger partial charge in [0.15, 0.2) is 0 Å². The molecule has 0 aromatic heterocycles. The van der Waals surface area contributed by atoms with Crippen LogP contribution >= 0.6 is 0 Å². The molecular weight excluding hydrogens is 257 g/mol. The Bertz CT molecular complexity index is 471. The third-order valence-electron chi connectivity index (χ3n) is 3.36. The van der Waals surface area contributed by atoms with Crippen molar-refractivity contribution in [2.45, 2.75) is 31.7 Å². The lowest BCUT2D eigenvalue weighted by molar-refractivity contribution is -0.138. The minimum atomic E-state index is -4.41. The second kappa shape index (κ2) is 4.68. The average molecular weight is 274 g/mol. The lowest BCUT2D eigenvalue weighted by Crippen LogP contribution is -2.30. The molecule has 19 heavy (non-hydrogen) atoms. The van der Waals surface area contributed by atoms with Gasteiger partial charge >= 0.3 is 6.18 Å². The predicted octanol–water partition coefficient (Wildman–Crippen LogP) is 2.24. The van der Waals surface area contributed by atoms with Gasteiger partial charge in [0.1, 0.15) is 0 Å². The average Bonchev–Trinajstić information content (AvgIpc) is 2.59. The van der Waals surface area contributed by atoms with Crippen molar-refractivity contribution < 1.29 is 18.3 Å². The van der Waals surface area contributed by atoms with Gasteiger partial charge in [-0.2, -0.15) is 13.2 Å². The molecule has 2 rings (SSSR count). The standard InChI is InChI=1S/C13H17F3N2O/c1-12(19)4-5-18(8-12)7-9-2-3-10(17)6-11(9)13(14,15)16/h2-3,6,19H,4-5,7-8,17H2,1H3. The molecule has 0 bridgehead atoms. The zero-order valence-corrected chi connectivity index (χ0v) is 10.7. The monoisotopic (exact) mass is 274 g/mol. The fourth-order valence-corrected chi connectivity index (χ4v) is 2.41. The first-order valence-corrected chi connectivity index (χ1v) is 6.08. The predicted molar refractivity (Wildman–Crippen MR) is 66.4 cm³/mol. The Kier molecular flexibility index (Phi) is 3.49. The lowest BCUT2D eigenvalue weighted by Gasteiger charge is -2.21. The molecule has 106 valence electrons. The molecule has 1 aromatic rings. The Hall–Kier alpha value is -1.27. The van der Waals surface area contributed by atoms with E-state index in [-0.39, 0.29) is 17.8 Å². The number of alkyl halides is 3. The van der Waals surface area contributed by atoms with E-state index in [0.717, 1.165) is 6.07 Å². The van der Waals surface area contributed by atoms with Gasteiger partial charge in [-0.25, -0.2) is 0 Å². The SMILES string of the molecule is CC1(O)CCN(Cc2ccc(N)cc2C(F)(F)F)C1. The van der Waals surface area contributed by atoms with Crippen molar-refractivity contribution >= 4 is 5.69 Å². The molecular formula is C13H17F3N2O. The van der Waals surface area contributed by atoms with Crippen molar-refractivity contribution in [2.24, 2.45) is 0 Å². The third kappa shape index (κ3) is 3.39. The summed E-state index contributed by atoms with van der Waals surface area (Å²) in [5, 5.41) is 9.83. The van der Waals surface area contributed by atoms with Gasteiger partial charge in [0, 0.05) is 25.3 Å². The number of nitrogens with two attached hydrogens (primary N) is 1. The van der Waals surface area contributed by atoms with E-state index in [1.54, 1.807) is 6.92 Å². The molecule has 1 aliphatic rings. The number of hydrogen-bond acceptors (Lipinski definition) is 3. The maximum Gasteiger partial charge on any atom is 0.416 e. The van der Waals surface area contributed by atoms with Gasteiger partial charge < -0.3 is 10.8 Å². The van der Waals surface area contributed by atoms with Crippen LogP contribution in [0.4, 0.5) is 18.9 Å². The second-order valence-electron chi connectivity index (χ2n) is 5.37. The van der Waals surface area contributed by atoms with Crippen molar-refractivity contribution in [2.75, 3.05) is 18.8 Å². The summed E-state index contributed by atoms with van der Waals surface area (Å²) in [6.45, 7) is 2.84. The zero-order valence-electron chi connectivity index (χ0n) is 10.7. The molecule has 0 aliphatic carbocycles. The minimum Gasteiger partial charge on any atom is -0.399 e. The van der Waals surface area contributed by atoms with Crippen molar-refractivity contribution in [3.63, 3.8) is 0 Å². The number of hydrogen-bond donors (Lipinski definition) is 2. The van der Waals surface area contributed by atoms with Gasteiger partial charge in [0.2, 0.25) is 0 Å². The fourth-order valence-electron chi connectivity index (χ4n) is 2.41. The van der Waals surface area contributed by atoms with Crippen LogP contribution in [0.5, 0.6) is 0 Å². The van der Waals surface area contributed by atoms with E-state index < -0.39 is 17.3 Å². The van der Waals surface area contributed by atoms with Crippen LogP contribution in [0, 0.1) is 0 Å². The van der Waals surface area contributed by atoms with Gasteiger partial charge in [-0.3, -0.25) is 4.90 Å². The number of aliphatic hydroxyl groups is 1. The molecule has 0 spiro atoms. The smallest absolute Gasteiger partial charge is 0.399 e. The van der Waals surface area contributed by atoms with Crippen LogP contribution < -0.4 is 5.73 Å². The number of benzene rings is 1. The number of halogens is 3. The molecule has 1 saturated heterocycles. The summed E-state index contributed by atoms with van der Waals surface area (Å²) in [5.41, 5.74) is 4.21. The van der Waals surface area contributed by atoms with E-state index in [4.69, 9.17) is 5.73 Å². The highest BCUT2D eigenvalue weighted by Gasteiger charge is 2.36. The molecule has 1 unspecified atom stereocenters. The van der Waals surface area contributed by atoms with E-state index in [1.165, 1.54) is 12.1 Å². The minimum absolute atomic E-state index is 0.101. The van der Waals surface area contributed by atoms with Crippen LogP contribution in [-0.4, -0.2) is 28.7 Å². The van der Waals surface area contributed by atoms with Crippen molar-refractivity contribution in [3.05, 3.63) is 29.3 Å². The summed E-state index contributed by atoms with van der Waals surface area (Å²) in [6, 6.07) is 3.84. The molecule has 3 N–H and O–H groups in total. The van der Waals surface area contributed by atoms with Crippen LogP contribution in [0.1, 0.15) is 24.5 Å². The third-order valence-corrected chi connectivity index (χ3v) is 3.36. The molecule has 1 aromatic carbocycles. The number of anilines is 1. The van der Waals surface area contributed by atoms with Gasteiger partial charge in [-0.1, -0.05) is 6.07 Å². The van der Waals surface area contributed by atoms with Gasteiger partial charge in [0.05, 0.1) is 11.2 Å². The Morgan fingerprint density at radius 1 is 1.42 bits per heavy atom. The summed E-state index contributed by atoms with van der Waals surface area (Å²) in [6.07, 6.45) is -3.84. The normalized spacial score (nSPS) is 24.9.